The van der Waals surface area contributed by atoms with Crippen LogP contribution >= 0.6 is 0 Å². The van der Waals surface area contributed by atoms with Crippen LogP contribution in [0.25, 0.3) is 0 Å². The summed E-state index contributed by atoms with van der Waals surface area (Å²) in [5, 5.41) is 0. The van der Waals surface area contributed by atoms with Crippen LogP contribution in [0.4, 0.5) is 0 Å². The summed E-state index contributed by atoms with van der Waals surface area (Å²) in [6.45, 7) is 0. The third-order valence-electron chi connectivity index (χ3n) is 0. The molecule has 0 atom stereocenters. The number of hydrogen-bond acceptors (Lipinski definition) is 0. The second kappa shape index (κ2) is 16.2. The van der Waals surface area contributed by atoms with E-state index in [4.69, 9.17) is 0 Å². The van der Waals surface area contributed by atoms with Crippen molar-refractivity contribution < 1.29 is 0 Å². The van der Waals surface area contributed by atoms with Crippen molar-refractivity contribution in [2.45, 2.75) is 0 Å². The fourth-order valence-corrected chi connectivity index (χ4v) is 0. The molecule has 0 nitrogen and oxygen atoms in total. The van der Waals surface area contributed by atoms with Crippen molar-refractivity contribution in [1.29, 1.82) is 0 Å². The molecule has 0 aliphatic heterocycles. The van der Waals surface area contributed by atoms with Gasteiger partial charge in [-0.15, -0.1) is 0 Å². The molecule has 0 rings (SSSR count). The van der Waals surface area contributed by atoms with Crippen LogP contribution < -0.4 is 0 Å². The van der Waals surface area contributed by atoms with E-state index in [2.05, 4.69) is 0 Å². The predicted octanol–water partition coefficient (Wildman–Crippen LogP) is -3.40. The van der Waals surface area contributed by atoms with Gasteiger partial charge in [-0.05, 0) is 0 Å². The molecular formula is H7AlKNaSi. The maximum atomic E-state index is 1.44. The van der Waals surface area contributed by atoms with Crippen LogP contribution in [0.2, 0.25) is 0 Å². The summed E-state index contributed by atoms with van der Waals surface area (Å²) >= 11 is 1.44. The Morgan fingerprint density at radius 2 is 1.25 bits per heavy atom. The van der Waals surface area contributed by atoms with E-state index in [0.717, 1.165) is 0 Å². The Morgan fingerprint density at radius 1 is 1.25 bits per heavy atom. The van der Waals surface area contributed by atoms with Gasteiger partial charge in [0, 0.05) is 0 Å². The molecule has 4 heavy (non-hydrogen) atoms. The first-order valence-electron chi connectivity index (χ1n) is 1.00. The third-order valence-corrected chi connectivity index (χ3v) is 0. The van der Waals surface area contributed by atoms with E-state index >= 15 is 0 Å². The predicted molar refractivity (Wildman–Crippen MR) is 32.8 cm³/mol. The molecule has 0 bridgehead atoms. The zero-order valence-electron chi connectivity index (χ0n) is 2.00. The van der Waals surface area contributed by atoms with Crippen LogP contribution in [0, 0.1) is 0 Å². The Labute approximate surface area is 102 Å². The summed E-state index contributed by atoms with van der Waals surface area (Å²) in [7, 11) is 1.44. The minimum atomic E-state index is 0. The van der Waals surface area contributed by atoms with Gasteiger partial charge in [-0.1, -0.05) is 8.80 Å². The molecule has 16 valence electrons. The van der Waals surface area contributed by atoms with E-state index in [1.165, 1.54) is 24.4 Å². The average Bonchev–Trinajstić information content (AvgIpc) is 1.00. The first-order valence-corrected chi connectivity index (χ1v) is 9.00. The molecule has 0 unspecified atom stereocenters. The Kier molecular flexibility index (Phi) is 63.3. The van der Waals surface area contributed by atoms with Gasteiger partial charge in [0.1, 0.15) is 0 Å². The van der Waals surface area contributed by atoms with Crippen LogP contribution in [-0.2, 0) is 0 Å². The molecule has 0 aromatic rings. The van der Waals surface area contributed by atoms with Gasteiger partial charge in [0.05, 0.1) is 0 Å². The molecule has 0 spiro atoms. The fourth-order valence-electron chi connectivity index (χ4n) is 0. The molecule has 0 heterocycles. The van der Waals surface area contributed by atoms with Gasteiger partial charge in [-0.2, -0.15) is 0 Å². The molecular weight excluding hydrogens is 117 g/mol. The van der Waals surface area contributed by atoms with Crippen molar-refractivity contribution in [1.82, 2.24) is 0 Å². The molecule has 0 fully saturated rings. The van der Waals surface area contributed by atoms with Crippen LogP contribution in [0.15, 0.2) is 0 Å². The molecule has 0 saturated carbocycles. The van der Waals surface area contributed by atoms with Crippen molar-refractivity contribution in [3.05, 3.63) is 0 Å². The molecule has 4 heteroatoms. The Balaban J connectivity index is -0.00000000500. The van der Waals surface area contributed by atoms with Gasteiger partial charge in [0.2, 0.25) is 0 Å². The Hall–Kier alpha value is 3.39. The van der Waals surface area contributed by atoms with E-state index in [-0.39, 0.29) is 80.9 Å². The zero-order valence-corrected chi connectivity index (χ0v) is 6.00. The van der Waals surface area contributed by atoms with Crippen molar-refractivity contribution in [2.75, 3.05) is 0 Å². The van der Waals surface area contributed by atoms with Gasteiger partial charge < -0.3 is 0 Å². The molecule has 0 aliphatic carbocycles. The molecule has 0 saturated heterocycles. The minimum absolute atomic E-state index is 0. The fraction of sp³-hybridized carbons (Fsp3) is 0. The van der Waals surface area contributed by atoms with E-state index in [1.54, 1.807) is 0 Å². The molecule has 0 radical (unpaired) electrons. The third kappa shape index (κ3) is 9.04. The van der Waals surface area contributed by atoms with E-state index in [9.17, 15) is 0 Å². The van der Waals surface area contributed by atoms with Crippen molar-refractivity contribution >= 4 is 105 Å². The SMILES string of the molecule is [AlH2][SiH3].[KH].[NaH]. The van der Waals surface area contributed by atoms with Gasteiger partial charge >= 0.3 is 80.9 Å². The van der Waals surface area contributed by atoms with Crippen LogP contribution in [0.1, 0.15) is 0 Å². The number of hydrogen-bond donors (Lipinski definition) is 0. The van der Waals surface area contributed by atoms with Gasteiger partial charge in [0.15, 0.2) is 15.6 Å². The van der Waals surface area contributed by atoms with Gasteiger partial charge in [-0.25, -0.2) is 0 Å². The summed E-state index contributed by atoms with van der Waals surface area (Å²) in [5.74, 6) is 0. The molecule has 0 aliphatic rings. The summed E-state index contributed by atoms with van der Waals surface area (Å²) in [4.78, 5) is 0. The van der Waals surface area contributed by atoms with Crippen molar-refractivity contribution in [2.24, 2.45) is 0 Å². The first-order chi connectivity index (χ1) is 1.00. The van der Waals surface area contributed by atoms with Crippen LogP contribution in [-0.4, -0.2) is 105 Å². The van der Waals surface area contributed by atoms with E-state index in [0.29, 0.717) is 0 Å². The summed E-state index contributed by atoms with van der Waals surface area (Å²) in [5.41, 5.74) is 0. The van der Waals surface area contributed by atoms with Gasteiger partial charge in [-0.3, -0.25) is 0 Å². The number of rotatable bonds is 0. The second-order valence-corrected chi connectivity index (χ2v) is 0. The van der Waals surface area contributed by atoms with Crippen molar-refractivity contribution in [3.8, 4) is 0 Å². The first kappa shape index (κ1) is 15.7. The van der Waals surface area contributed by atoms with Gasteiger partial charge in [0.25, 0.3) is 0 Å². The summed E-state index contributed by atoms with van der Waals surface area (Å²) in [6, 6.07) is 0. The van der Waals surface area contributed by atoms with Crippen LogP contribution in [0.3, 0.4) is 0 Å². The van der Waals surface area contributed by atoms with E-state index in [1.807, 2.05) is 0 Å². The Morgan fingerprint density at radius 3 is 1.25 bits per heavy atom. The maximum absolute atomic E-state index is 1.44. The quantitative estimate of drug-likeness (QED) is 0.295. The Bertz CT molecular complexity index is 8.00. The van der Waals surface area contributed by atoms with Crippen molar-refractivity contribution in [3.63, 3.8) is 0 Å². The van der Waals surface area contributed by atoms with E-state index < -0.39 is 0 Å². The second-order valence-electron chi connectivity index (χ2n) is 0. The molecule has 0 amide bonds. The molecule has 0 aromatic carbocycles. The molecule has 0 N–H and O–H groups in total. The standard InChI is InChI=1S/Al.K.Na.H3Si.4H/h;;;1H3;;;;. The average molecular weight is 124 g/mol. The zero-order chi connectivity index (χ0) is 2.00. The van der Waals surface area contributed by atoms with Crippen LogP contribution in [0.5, 0.6) is 0 Å². The summed E-state index contributed by atoms with van der Waals surface area (Å²) < 4.78 is 0. The summed E-state index contributed by atoms with van der Waals surface area (Å²) in [6.07, 6.45) is 0. The monoisotopic (exact) mass is 124 g/mol. The normalized spacial score (nSPS) is 2.00. The molecule has 0 aromatic heterocycles. The topological polar surface area (TPSA) is 0 Å².